The molecule has 0 spiro atoms. The molecule has 3 rings (SSSR count). The molecule has 138 valence electrons. The van der Waals surface area contributed by atoms with Gasteiger partial charge in [-0.1, -0.05) is 29.5 Å². The van der Waals surface area contributed by atoms with Gasteiger partial charge in [0.1, 0.15) is 5.75 Å². The van der Waals surface area contributed by atoms with E-state index < -0.39 is 0 Å². The van der Waals surface area contributed by atoms with Crippen molar-refractivity contribution in [2.45, 2.75) is 20.4 Å². The van der Waals surface area contributed by atoms with E-state index in [4.69, 9.17) is 4.74 Å². The Labute approximate surface area is 161 Å². The number of fused-ring (bicyclic) bond motifs is 1. The molecule has 2 aromatic carbocycles. The number of rotatable bonds is 6. The molecule has 1 aromatic heterocycles. The molecule has 0 saturated carbocycles. The summed E-state index contributed by atoms with van der Waals surface area (Å²) in [6.45, 7) is 8.36. The lowest BCUT2D eigenvalue weighted by Crippen LogP contribution is -2.16. The summed E-state index contributed by atoms with van der Waals surface area (Å²) < 4.78 is 8.49. The number of hydrogen-bond acceptors (Lipinski definition) is 4. The quantitative estimate of drug-likeness (QED) is 0.475. The summed E-state index contributed by atoms with van der Waals surface area (Å²) in [5, 5.41) is 0. The highest BCUT2D eigenvalue weighted by molar-refractivity contribution is 7.16. The number of hydrogen-bond donors (Lipinski definition) is 0. The van der Waals surface area contributed by atoms with Gasteiger partial charge in [-0.15, -0.1) is 6.58 Å². The summed E-state index contributed by atoms with van der Waals surface area (Å²) in [4.78, 5) is 28.9. The van der Waals surface area contributed by atoms with Crippen LogP contribution in [-0.2, 0) is 6.54 Å². The van der Waals surface area contributed by atoms with E-state index in [1.807, 2.05) is 29.7 Å². The zero-order chi connectivity index (χ0) is 19.4. The van der Waals surface area contributed by atoms with Crippen LogP contribution in [0.25, 0.3) is 10.2 Å². The first kappa shape index (κ1) is 18.8. The molecular formula is C21H20N2O3S. The highest BCUT2D eigenvalue weighted by Crippen LogP contribution is 2.23. The summed E-state index contributed by atoms with van der Waals surface area (Å²) in [6, 6.07) is 12.4. The maximum atomic E-state index is 12.6. The van der Waals surface area contributed by atoms with Gasteiger partial charge in [-0.25, -0.2) is 0 Å². The molecule has 27 heavy (non-hydrogen) atoms. The van der Waals surface area contributed by atoms with Crippen molar-refractivity contribution in [2.24, 2.45) is 4.99 Å². The largest absolute Gasteiger partial charge is 0.494 e. The average molecular weight is 380 g/mol. The van der Waals surface area contributed by atoms with Gasteiger partial charge in [-0.3, -0.25) is 9.59 Å². The summed E-state index contributed by atoms with van der Waals surface area (Å²) >= 11 is 1.43. The highest BCUT2D eigenvalue weighted by Gasteiger charge is 2.10. The number of ether oxygens (including phenoxy) is 1. The fourth-order valence-electron chi connectivity index (χ4n) is 2.70. The van der Waals surface area contributed by atoms with Gasteiger partial charge < -0.3 is 9.30 Å². The average Bonchev–Trinajstić information content (AvgIpc) is 2.99. The minimum absolute atomic E-state index is 0.0376. The van der Waals surface area contributed by atoms with Crippen LogP contribution in [0.2, 0.25) is 0 Å². The van der Waals surface area contributed by atoms with Crippen molar-refractivity contribution >= 4 is 33.2 Å². The Morgan fingerprint density at radius 2 is 1.89 bits per heavy atom. The lowest BCUT2D eigenvalue weighted by Gasteiger charge is -2.04. The fourth-order valence-corrected chi connectivity index (χ4v) is 3.77. The van der Waals surface area contributed by atoms with Gasteiger partial charge in [0.2, 0.25) is 0 Å². The molecule has 0 saturated heterocycles. The maximum Gasteiger partial charge on any atom is 0.279 e. The first-order valence-electron chi connectivity index (χ1n) is 8.60. The van der Waals surface area contributed by atoms with Crippen molar-refractivity contribution in [3.63, 3.8) is 0 Å². The maximum absolute atomic E-state index is 12.6. The van der Waals surface area contributed by atoms with Crippen LogP contribution in [0.1, 0.15) is 34.6 Å². The number of aromatic nitrogens is 1. The number of ketones is 1. The number of benzene rings is 2. The molecule has 0 radical (unpaired) electrons. The van der Waals surface area contributed by atoms with E-state index in [0.29, 0.717) is 29.1 Å². The van der Waals surface area contributed by atoms with Crippen LogP contribution in [0.3, 0.4) is 0 Å². The molecule has 0 aliphatic carbocycles. The van der Waals surface area contributed by atoms with Crippen molar-refractivity contribution in [1.29, 1.82) is 0 Å². The first-order valence-corrected chi connectivity index (χ1v) is 9.42. The van der Waals surface area contributed by atoms with Gasteiger partial charge in [-0.05, 0) is 44.2 Å². The smallest absolute Gasteiger partial charge is 0.279 e. The summed E-state index contributed by atoms with van der Waals surface area (Å²) in [5.41, 5.74) is 1.98. The minimum Gasteiger partial charge on any atom is -0.494 e. The second-order valence-corrected chi connectivity index (χ2v) is 6.91. The Morgan fingerprint density at radius 1 is 1.19 bits per heavy atom. The summed E-state index contributed by atoms with van der Waals surface area (Å²) in [7, 11) is 0. The molecule has 0 aliphatic rings. The number of thiazole rings is 1. The van der Waals surface area contributed by atoms with E-state index in [-0.39, 0.29) is 11.7 Å². The number of amides is 1. The lowest BCUT2D eigenvalue weighted by molar-refractivity contribution is 0.0991. The Bertz CT molecular complexity index is 1070. The van der Waals surface area contributed by atoms with E-state index >= 15 is 0 Å². The predicted molar refractivity (Wildman–Crippen MR) is 108 cm³/mol. The van der Waals surface area contributed by atoms with Crippen molar-refractivity contribution in [2.75, 3.05) is 6.61 Å². The summed E-state index contributed by atoms with van der Waals surface area (Å²) in [5.74, 6) is 0.401. The van der Waals surface area contributed by atoms with Crippen LogP contribution in [0.15, 0.2) is 60.1 Å². The highest BCUT2D eigenvalue weighted by atomic mass is 32.1. The molecule has 1 heterocycles. The second-order valence-electron chi connectivity index (χ2n) is 5.90. The number of allylic oxidation sites excluding steroid dienone is 1. The van der Waals surface area contributed by atoms with Crippen molar-refractivity contribution < 1.29 is 14.3 Å². The molecule has 3 aromatic rings. The van der Waals surface area contributed by atoms with Crippen molar-refractivity contribution in [3.8, 4) is 5.75 Å². The molecule has 6 heteroatoms. The van der Waals surface area contributed by atoms with Crippen LogP contribution >= 0.6 is 11.3 Å². The molecule has 0 fully saturated rings. The molecule has 0 atom stereocenters. The Hall–Kier alpha value is -2.99. The third-order valence-corrected chi connectivity index (χ3v) is 5.05. The third kappa shape index (κ3) is 4.06. The monoisotopic (exact) mass is 380 g/mol. The van der Waals surface area contributed by atoms with Gasteiger partial charge >= 0.3 is 0 Å². The standard InChI is InChI=1S/C21H20N2O3S/c1-4-12-23-18-11-10-17(26-5-2)13-19(18)27-21(23)22-20(25)16-8-6-15(7-9-16)14(3)24/h4,6-11,13H,1,5,12H2,2-3H3. The minimum atomic E-state index is -0.348. The van der Waals surface area contributed by atoms with Gasteiger partial charge in [0.25, 0.3) is 5.91 Å². The van der Waals surface area contributed by atoms with E-state index in [0.717, 1.165) is 16.0 Å². The number of Topliss-reactive ketones (excluding diaryl/α,β-unsaturated/α-hetero) is 1. The van der Waals surface area contributed by atoms with E-state index in [1.54, 1.807) is 30.3 Å². The SMILES string of the molecule is C=CCn1c(=NC(=O)c2ccc(C(C)=O)cc2)sc2cc(OCC)ccc21. The van der Waals surface area contributed by atoms with Crippen LogP contribution < -0.4 is 9.54 Å². The Balaban J connectivity index is 2.05. The zero-order valence-electron chi connectivity index (χ0n) is 15.3. The molecule has 1 amide bonds. The molecule has 5 nitrogen and oxygen atoms in total. The van der Waals surface area contributed by atoms with E-state index in [1.165, 1.54) is 18.3 Å². The van der Waals surface area contributed by atoms with Crippen LogP contribution in [0.4, 0.5) is 0 Å². The first-order chi connectivity index (χ1) is 13.0. The van der Waals surface area contributed by atoms with E-state index in [2.05, 4.69) is 11.6 Å². The van der Waals surface area contributed by atoms with Crippen molar-refractivity contribution in [1.82, 2.24) is 4.57 Å². The lowest BCUT2D eigenvalue weighted by atomic mass is 10.1. The normalized spacial score (nSPS) is 11.6. The zero-order valence-corrected chi connectivity index (χ0v) is 16.1. The fraction of sp³-hybridized carbons (Fsp3) is 0.190. The predicted octanol–water partition coefficient (Wildman–Crippen LogP) is 4.23. The molecule has 0 aliphatic heterocycles. The molecular weight excluding hydrogens is 360 g/mol. The Kier molecular flexibility index (Phi) is 5.66. The molecule has 0 N–H and O–H groups in total. The van der Waals surface area contributed by atoms with Gasteiger partial charge in [0.05, 0.1) is 16.8 Å². The molecule has 0 bridgehead atoms. The number of nitrogens with zero attached hydrogens (tertiary/aromatic N) is 2. The topological polar surface area (TPSA) is 60.7 Å². The van der Waals surface area contributed by atoms with Crippen LogP contribution in [0.5, 0.6) is 5.75 Å². The van der Waals surface area contributed by atoms with Gasteiger partial charge in [-0.2, -0.15) is 4.99 Å². The van der Waals surface area contributed by atoms with Crippen molar-refractivity contribution in [3.05, 3.63) is 71.0 Å². The van der Waals surface area contributed by atoms with Gasteiger partial charge in [0, 0.05) is 17.7 Å². The summed E-state index contributed by atoms with van der Waals surface area (Å²) in [6.07, 6.45) is 1.77. The second kappa shape index (κ2) is 8.14. The van der Waals surface area contributed by atoms with Gasteiger partial charge in [0.15, 0.2) is 10.6 Å². The van der Waals surface area contributed by atoms with Crippen LogP contribution in [-0.4, -0.2) is 22.9 Å². The Morgan fingerprint density at radius 3 is 2.52 bits per heavy atom. The number of carbonyl (C=O) groups excluding carboxylic acids is 2. The van der Waals surface area contributed by atoms with E-state index in [9.17, 15) is 9.59 Å². The molecule has 0 unspecified atom stereocenters. The van der Waals surface area contributed by atoms with Crippen LogP contribution in [0, 0.1) is 0 Å². The third-order valence-electron chi connectivity index (χ3n) is 4.01. The number of carbonyl (C=O) groups is 2.